The van der Waals surface area contributed by atoms with Crippen molar-refractivity contribution in [2.24, 2.45) is 0 Å². The van der Waals surface area contributed by atoms with Gasteiger partial charge in [-0.1, -0.05) is 0 Å². The van der Waals surface area contributed by atoms with E-state index in [-0.39, 0.29) is 28.6 Å². The van der Waals surface area contributed by atoms with Gasteiger partial charge in [0.2, 0.25) is 11.8 Å². The van der Waals surface area contributed by atoms with Crippen molar-refractivity contribution in [3.05, 3.63) is 77.0 Å². The molecule has 0 spiro atoms. The maximum Gasteiger partial charge on any atom is 0.328 e. The molecule has 0 saturated heterocycles. The van der Waals surface area contributed by atoms with E-state index in [0.29, 0.717) is 0 Å². The maximum absolute atomic E-state index is 12.2. The lowest BCUT2D eigenvalue weighted by Crippen LogP contribution is -2.36. The molecule has 0 atom stereocenters. The second kappa shape index (κ2) is 4.47. The van der Waals surface area contributed by atoms with Crippen molar-refractivity contribution in [1.82, 2.24) is 19.9 Å². The summed E-state index contributed by atoms with van der Waals surface area (Å²) in [4.78, 5) is 56.1. The third-order valence-electron chi connectivity index (χ3n) is 3.50. The first-order chi connectivity index (χ1) is 11.0. The van der Waals surface area contributed by atoms with Gasteiger partial charge >= 0.3 is 11.4 Å². The molecular weight excluding hydrogens is 308 g/mol. The van der Waals surface area contributed by atoms with E-state index in [2.05, 4.69) is 19.9 Å². The number of furan rings is 1. The zero-order chi connectivity index (χ0) is 16.1. The zero-order valence-corrected chi connectivity index (χ0v) is 11.3. The van der Waals surface area contributed by atoms with Crippen molar-refractivity contribution < 1.29 is 9.15 Å². The third kappa shape index (κ3) is 1.88. The van der Waals surface area contributed by atoms with Crippen molar-refractivity contribution in [3.63, 3.8) is 0 Å². The number of nitrogens with one attached hydrogen (secondary N) is 4. The second-order valence-corrected chi connectivity index (χ2v) is 4.85. The summed E-state index contributed by atoms with van der Waals surface area (Å²) in [5, 5.41) is 0. The zero-order valence-electron chi connectivity index (χ0n) is 11.3. The third-order valence-corrected chi connectivity index (χ3v) is 3.50. The lowest BCUT2D eigenvalue weighted by molar-refractivity contribution is 0.392. The van der Waals surface area contributed by atoms with Crippen molar-refractivity contribution in [2.45, 2.75) is 5.92 Å². The summed E-state index contributed by atoms with van der Waals surface area (Å²) in [6, 6.07) is 3.16. The van der Waals surface area contributed by atoms with Crippen LogP contribution in [0.1, 0.15) is 22.8 Å². The normalized spacial score (nSPS) is 13.2. The minimum absolute atomic E-state index is 0.00426. The molecule has 0 radical (unpaired) electrons. The fourth-order valence-corrected chi connectivity index (χ4v) is 2.62. The first kappa shape index (κ1) is 13.1. The van der Waals surface area contributed by atoms with Gasteiger partial charge in [0.25, 0.3) is 11.1 Å². The summed E-state index contributed by atoms with van der Waals surface area (Å²) >= 11 is 0. The second-order valence-electron chi connectivity index (χ2n) is 4.85. The highest BCUT2D eigenvalue weighted by atomic mass is 16.5. The van der Waals surface area contributed by atoms with Crippen molar-refractivity contribution in [2.75, 3.05) is 0 Å². The van der Waals surface area contributed by atoms with Crippen LogP contribution in [0.15, 0.2) is 42.0 Å². The number of aromatic amines is 4. The average Bonchev–Trinajstić information content (AvgIpc) is 2.98. The van der Waals surface area contributed by atoms with E-state index in [1.165, 1.54) is 6.26 Å². The predicted octanol–water partition coefficient (Wildman–Crippen LogP) is -0.681. The maximum atomic E-state index is 12.2. The Balaban J connectivity index is 2.14. The van der Waals surface area contributed by atoms with E-state index in [0.717, 1.165) is 0 Å². The first-order valence-electron chi connectivity index (χ1n) is 6.49. The molecule has 0 saturated carbocycles. The molecule has 0 aliphatic carbocycles. The summed E-state index contributed by atoms with van der Waals surface area (Å²) in [5.41, 5.74) is -2.98. The molecule has 0 unspecified atom stereocenters. The monoisotopic (exact) mass is 316 g/mol. The van der Waals surface area contributed by atoms with Crippen LogP contribution >= 0.6 is 0 Å². The minimum Gasteiger partial charge on any atom is -0.468 e. The molecule has 4 heterocycles. The molecule has 10 nitrogen and oxygen atoms in total. The standard InChI is InChI=1S/C13H8N4O6/c18-8-6-5(4-2-1-3-22-4)7-9(19)15-13(21)17-11(7)23-10(6)16-12(20)14-8/h1-3,5H,(H2,14,16,18,20)(H2,15,17,19,21). The summed E-state index contributed by atoms with van der Waals surface area (Å²) < 4.78 is 10.6. The van der Waals surface area contributed by atoms with Crippen LogP contribution in [0, 0.1) is 0 Å². The lowest BCUT2D eigenvalue weighted by atomic mass is 9.90. The minimum atomic E-state index is -0.940. The number of rotatable bonds is 1. The van der Waals surface area contributed by atoms with Gasteiger partial charge in [0, 0.05) is 0 Å². The topological polar surface area (TPSA) is 154 Å². The average molecular weight is 316 g/mol. The number of hydrogen-bond acceptors (Lipinski definition) is 6. The number of hydrogen-bond donors (Lipinski definition) is 4. The molecule has 3 aromatic rings. The Morgan fingerprint density at radius 2 is 1.39 bits per heavy atom. The van der Waals surface area contributed by atoms with Crippen LogP contribution in [0.4, 0.5) is 0 Å². The van der Waals surface area contributed by atoms with E-state index in [9.17, 15) is 19.2 Å². The summed E-state index contributed by atoms with van der Waals surface area (Å²) in [7, 11) is 0. The van der Waals surface area contributed by atoms with Gasteiger partial charge in [-0.05, 0) is 12.1 Å². The number of ether oxygens (including phenoxy) is 1. The Bertz CT molecular complexity index is 1060. The van der Waals surface area contributed by atoms with Gasteiger partial charge in [-0.15, -0.1) is 0 Å². The fraction of sp³-hybridized carbons (Fsp3) is 0.0769. The first-order valence-corrected chi connectivity index (χ1v) is 6.49. The number of H-pyrrole nitrogens is 4. The van der Waals surface area contributed by atoms with Crippen LogP contribution in [-0.2, 0) is 0 Å². The molecule has 4 N–H and O–H groups in total. The molecule has 10 heteroatoms. The molecule has 0 amide bonds. The smallest absolute Gasteiger partial charge is 0.328 e. The molecule has 3 aromatic heterocycles. The van der Waals surface area contributed by atoms with E-state index < -0.39 is 28.4 Å². The van der Waals surface area contributed by atoms with E-state index in [4.69, 9.17) is 9.15 Å². The molecule has 0 aromatic carbocycles. The van der Waals surface area contributed by atoms with Crippen LogP contribution in [0.3, 0.4) is 0 Å². The van der Waals surface area contributed by atoms with Gasteiger partial charge in [0.15, 0.2) is 0 Å². The van der Waals surface area contributed by atoms with Gasteiger partial charge in [0.1, 0.15) is 5.76 Å². The Kier molecular flexibility index (Phi) is 2.55. The summed E-state index contributed by atoms with van der Waals surface area (Å²) in [5.74, 6) is -0.973. The van der Waals surface area contributed by atoms with Gasteiger partial charge < -0.3 is 9.15 Å². The van der Waals surface area contributed by atoms with Crippen LogP contribution in [0.25, 0.3) is 0 Å². The molecule has 0 fully saturated rings. The molecule has 1 aliphatic rings. The van der Waals surface area contributed by atoms with E-state index in [1.807, 2.05) is 0 Å². The molecule has 4 rings (SSSR count). The highest BCUT2D eigenvalue weighted by molar-refractivity contribution is 5.50. The molecule has 1 aliphatic heterocycles. The molecular formula is C13H8N4O6. The van der Waals surface area contributed by atoms with Gasteiger partial charge in [-0.3, -0.25) is 29.5 Å². The Morgan fingerprint density at radius 3 is 1.87 bits per heavy atom. The number of aromatic nitrogens is 4. The predicted molar refractivity (Wildman–Crippen MR) is 75.1 cm³/mol. The molecule has 0 bridgehead atoms. The Morgan fingerprint density at radius 1 is 0.826 bits per heavy atom. The van der Waals surface area contributed by atoms with Gasteiger partial charge in [0.05, 0.1) is 23.3 Å². The number of fused-ring (bicyclic) bond motifs is 2. The van der Waals surface area contributed by atoms with E-state index >= 15 is 0 Å². The van der Waals surface area contributed by atoms with Crippen LogP contribution < -0.4 is 27.2 Å². The van der Waals surface area contributed by atoms with Crippen LogP contribution in [0.5, 0.6) is 11.8 Å². The summed E-state index contributed by atoms with van der Waals surface area (Å²) in [6.45, 7) is 0. The van der Waals surface area contributed by atoms with Crippen molar-refractivity contribution >= 4 is 0 Å². The quantitative estimate of drug-likeness (QED) is 0.365. The molecule has 116 valence electrons. The van der Waals surface area contributed by atoms with Crippen molar-refractivity contribution in [3.8, 4) is 11.8 Å². The van der Waals surface area contributed by atoms with Crippen LogP contribution in [0.2, 0.25) is 0 Å². The van der Waals surface area contributed by atoms with E-state index in [1.54, 1.807) is 12.1 Å². The highest BCUT2D eigenvalue weighted by Crippen LogP contribution is 2.41. The SMILES string of the molecule is O=c1[nH]c2c(c(=O)[nH]1)C(c1ccco1)c1c([nH]c(=O)[nH]c1=O)O2. The Hall–Kier alpha value is -3.56. The fourth-order valence-electron chi connectivity index (χ4n) is 2.62. The highest BCUT2D eigenvalue weighted by Gasteiger charge is 2.37. The summed E-state index contributed by atoms with van der Waals surface area (Å²) in [6.07, 6.45) is 1.38. The van der Waals surface area contributed by atoms with Gasteiger partial charge in [-0.25, -0.2) is 9.59 Å². The Labute approximate surface area is 124 Å². The van der Waals surface area contributed by atoms with Crippen LogP contribution in [-0.4, -0.2) is 19.9 Å². The van der Waals surface area contributed by atoms with Gasteiger partial charge in [-0.2, -0.15) is 0 Å². The molecule has 23 heavy (non-hydrogen) atoms. The lowest BCUT2D eigenvalue weighted by Gasteiger charge is -2.23. The van der Waals surface area contributed by atoms with Crippen molar-refractivity contribution in [1.29, 1.82) is 0 Å². The largest absolute Gasteiger partial charge is 0.468 e.